The minimum Gasteiger partial charge on any atom is -0.305 e. The summed E-state index contributed by atoms with van der Waals surface area (Å²) in [6.45, 7) is 5.25. The van der Waals surface area contributed by atoms with Crippen molar-refractivity contribution in [3.8, 4) is 0 Å². The van der Waals surface area contributed by atoms with Crippen LogP contribution in [0.15, 0.2) is 22.0 Å². The maximum Gasteiger partial charge on any atom is 0.0961 e. The first-order valence-electron chi connectivity index (χ1n) is 5.86. The number of rotatable bonds is 5. The van der Waals surface area contributed by atoms with Gasteiger partial charge in [-0.25, -0.2) is 0 Å². The van der Waals surface area contributed by atoms with Crippen LogP contribution in [-0.2, 0) is 0 Å². The molecule has 0 aliphatic rings. The molecule has 0 bridgehead atoms. The Kier molecular flexibility index (Phi) is 5.27. The lowest BCUT2D eigenvalue weighted by atomic mass is 10.2. The van der Waals surface area contributed by atoms with Gasteiger partial charge in [0.2, 0.25) is 0 Å². The van der Waals surface area contributed by atoms with E-state index in [1.54, 1.807) is 22.7 Å². The molecule has 0 aliphatic heterocycles. The second-order valence-electron chi connectivity index (χ2n) is 4.13. The van der Waals surface area contributed by atoms with Crippen LogP contribution in [0.3, 0.4) is 0 Å². The zero-order chi connectivity index (χ0) is 13.1. The highest BCUT2D eigenvalue weighted by Crippen LogP contribution is 2.37. The van der Waals surface area contributed by atoms with Crippen molar-refractivity contribution >= 4 is 50.2 Å². The van der Waals surface area contributed by atoms with Gasteiger partial charge in [-0.2, -0.15) is 0 Å². The third-order valence-electron chi connectivity index (χ3n) is 2.64. The average Bonchev–Trinajstić information content (AvgIpc) is 2.88. The molecule has 98 valence electrons. The molecule has 2 aromatic rings. The van der Waals surface area contributed by atoms with E-state index < -0.39 is 0 Å². The Balaban J connectivity index is 2.30. The van der Waals surface area contributed by atoms with Crippen LogP contribution in [0.5, 0.6) is 0 Å². The van der Waals surface area contributed by atoms with Crippen molar-refractivity contribution in [2.45, 2.75) is 26.3 Å². The Labute approximate surface area is 129 Å². The van der Waals surface area contributed by atoms with E-state index in [0.29, 0.717) is 0 Å². The molecule has 0 aliphatic carbocycles. The molecule has 0 aromatic carbocycles. The van der Waals surface area contributed by atoms with Gasteiger partial charge in [-0.05, 0) is 59.6 Å². The van der Waals surface area contributed by atoms with Gasteiger partial charge in [0.05, 0.1) is 14.2 Å². The average molecular weight is 365 g/mol. The summed E-state index contributed by atoms with van der Waals surface area (Å²) < 4.78 is 2.06. The number of thiophene rings is 2. The first-order valence-corrected chi connectivity index (χ1v) is 8.66. The van der Waals surface area contributed by atoms with Crippen LogP contribution in [0.2, 0.25) is 4.34 Å². The second kappa shape index (κ2) is 6.53. The quantitative estimate of drug-likeness (QED) is 0.725. The fourth-order valence-electron chi connectivity index (χ4n) is 1.74. The summed E-state index contributed by atoms with van der Waals surface area (Å²) in [4.78, 5) is 2.62. The molecule has 0 saturated heterocycles. The summed E-state index contributed by atoms with van der Waals surface area (Å²) in [5, 5.41) is 3.60. The van der Waals surface area contributed by atoms with Gasteiger partial charge in [0.15, 0.2) is 0 Å². The minimum absolute atomic E-state index is 0.262. The molecule has 0 saturated carbocycles. The highest BCUT2D eigenvalue weighted by molar-refractivity contribution is 9.11. The molecule has 1 atom stereocenters. The lowest BCUT2D eigenvalue weighted by Crippen LogP contribution is -2.21. The molecule has 0 spiro atoms. The molecule has 2 aromatic heterocycles. The summed E-state index contributed by atoms with van der Waals surface area (Å²) in [5.41, 5.74) is 1.16. The third-order valence-corrected chi connectivity index (χ3v) is 5.95. The van der Waals surface area contributed by atoms with Crippen molar-refractivity contribution in [2.75, 3.05) is 6.54 Å². The van der Waals surface area contributed by atoms with Crippen LogP contribution in [0.4, 0.5) is 0 Å². The highest BCUT2D eigenvalue weighted by atomic mass is 79.9. The van der Waals surface area contributed by atoms with Gasteiger partial charge >= 0.3 is 0 Å². The van der Waals surface area contributed by atoms with Gasteiger partial charge in [-0.15, -0.1) is 22.7 Å². The minimum atomic E-state index is 0.262. The van der Waals surface area contributed by atoms with Crippen molar-refractivity contribution in [3.05, 3.63) is 41.6 Å². The van der Waals surface area contributed by atoms with Crippen molar-refractivity contribution in [2.24, 2.45) is 0 Å². The molecule has 1 unspecified atom stereocenters. The van der Waals surface area contributed by atoms with Crippen molar-refractivity contribution in [3.63, 3.8) is 0 Å². The Morgan fingerprint density at radius 3 is 2.61 bits per heavy atom. The first kappa shape index (κ1) is 14.5. The first-order chi connectivity index (χ1) is 8.61. The van der Waals surface area contributed by atoms with Crippen LogP contribution in [-0.4, -0.2) is 6.54 Å². The number of nitrogens with one attached hydrogen (secondary N) is 1. The monoisotopic (exact) mass is 363 g/mol. The van der Waals surface area contributed by atoms with Crippen LogP contribution in [0.25, 0.3) is 0 Å². The number of hydrogen-bond donors (Lipinski definition) is 1. The Morgan fingerprint density at radius 1 is 1.33 bits per heavy atom. The standard InChI is InChI=1S/C13H15BrClNS2/c1-3-6-16-12(9-4-5-11(14)17-9)10-7-8(2)13(15)18-10/h4-5,7,12,16H,3,6H2,1-2H3. The molecule has 0 amide bonds. The van der Waals surface area contributed by atoms with Crippen molar-refractivity contribution in [1.82, 2.24) is 5.32 Å². The van der Waals surface area contributed by atoms with Crippen molar-refractivity contribution < 1.29 is 0 Å². The zero-order valence-corrected chi connectivity index (χ0v) is 14.3. The summed E-state index contributed by atoms with van der Waals surface area (Å²) in [6, 6.07) is 6.72. The number of halogens is 2. The summed E-state index contributed by atoms with van der Waals surface area (Å²) >= 11 is 13.2. The maximum atomic E-state index is 6.19. The topological polar surface area (TPSA) is 12.0 Å². The van der Waals surface area contributed by atoms with E-state index >= 15 is 0 Å². The SMILES string of the molecule is CCCNC(c1ccc(Br)s1)c1cc(C)c(Cl)s1. The van der Waals surface area contributed by atoms with Gasteiger partial charge in [0.1, 0.15) is 0 Å². The number of hydrogen-bond acceptors (Lipinski definition) is 3. The Bertz CT molecular complexity index is 501. The highest BCUT2D eigenvalue weighted by Gasteiger charge is 2.18. The number of aryl methyl sites for hydroxylation is 1. The molecule has 1 nitrogen and oxygen atoms in total. The van der Waals surface area contributed by atoms with E-state index in [1.807, 2.05) is 0 Å². The fraction of sp³-hybridized carbons (Fsp3) is 0.385. The Hall–Kier alpha value is 0.130. The van der Waals surface area contributed by atoms with Crippen LogP contribution >= 0.6 is 50.2 Å². The van der Waals surface area contributed by atoms with Gasteiger partial charge in [0.25, 0.3) is 0 Å². The molecular formula is C13H15BrClNS2. The molecule has 18 heavy (non-hydrogen) atoms. The summed E-state index contributed by atoms with van der Waals surface area (Å²) in [7, 11) is 0. The van der Waals surface area contributed by atoms with E-state index in [0.717, 1.165) is 22.9 Å². The van der Waals surface area contributed by atoms with Gasteiger partial charge in [-0.3, -0.25) is 0 Å². The normalized spacial score (nSPS) is 12.9. The van der Waals surface area contributed by atoms with E-state index in [2.05, 4.69) is 53.3 Å². The Morgan fingerprint density at radius 2 is 2.11 bits per heavy atom. The fourth-order valence-corrected chi connectivity index (χ4v) is 4.64. The molecule has 1 N–H and O–H groups in total. The predicted molar refractivity (Wildman–Crippen MR) is 86.2 cm³/mol. The molecule has 5 heteroatoms. The molecule has 0 fully saturated rings. The molecule has 0 radical (unpaired) electrons. The van der Waals surface area contributed by atoms with Crippen LogP contribution in [0.1, 0.15) is 34.7 Å². The third kappa shape index (κ3) is 3.36. The summed E-state index contributed by atoms with van der Waals surface area (Å²) in [6.07, 6.45) is 1.13. The van der Waals surface area contributed by atoms with Crippen LogP contribution in [0, 0.1) is 6.92 Å². The smallest absolute Gasteiger partial charge is 0.0961 e. The van der Waals surface area contributed by atoms with E-state index in [1.165, 1.54) is 13.5 Å². The largest absolute Gasteiger partial charge is 0.305 e. The molecule has 2 heterocycles. The van der Waals surface area contributed by atoms with Gasteiger partial charge in [-0.1, -0.05) is 18.5 Å². The lowest BCUT2D eigenvalue weighted by Gasteiger charge is -2.15. The van der Waals surface area contributed by atoms with Crippen molar-refractivity contribution in [1.29, 1.82) is 0 Å². The zero-order valence-electron chi connectivity index (χ0n) is 10.3. The van der Waals surface area contributed by atoms with E-state index in [9.17, 15) is 0 Å². The lowest BCUT2D eigenvalue weighted by molar-refractivity contribution is 0.613. The second-order valence-corrected chi connectivity index (χ2v) is 8.31. The molecule has 2 rings (SSSR count). The summed E-state index contributed by atoms with van der Waals surface area (Å²) in [5.74, 6) is 0. The van der Waals surface area contributed by atoms with Gasteiger partial charge in [0, 0.05) is 9.75 Å². The molecular weight excluding hydrogens is 350 g/mol. The van der Waals surface area contributed by atoms with E-state index in [4.69, 9.17) is 11.6 Å². The predicted octanol–water partition coefficient (Wildman–Crippen LogP) is 5.62. The van der Waals surface area contributed by atoms with Crippen LogP contribution < -0.4 is 5.32 Å². The van der Waals surface area contributed by atoms with Gasteiger partial charge < -0.3 is 5.32 Å². The van der Waals surface area contributed by atoms with E-state index in [-0.39, 0.29) is 6.04 Å². The maximum absolute atomic E-state index is 6.19.